The van der Waals surface area contributed by atoms with Crippen molar-refractivity contribution < 1.29 is 23.1 Å². The van der Waals surface area contributed by atoms with E-state index < -0.39 is 35.2 Å². The summed E-state index contributed by atoms with van der Waals surface area (Å²) in [7, 11) is 1.48. The van der Waals surface area contributed by atoms with Gasteiger partial charge in [0.15, 0.2) is 12.0 Å². The van der Waals surface area contributed by atoms with E-state index in [0.29, 0.717) is 21.6 Å². The lowest BCUT2D eigenvalue weighted by atomic mass is 10.00. The number of esters is 1. The van der Waals surface area contributed by atoms with Crippen molar-refractivity contribution >= 4 is 40.1 Å². The number of rotatable bonds is 7. The standard InChI is InChI=1S/C27H24ClF2N3O3/c1-14(2)27(35)36-15(3)33-13-20(25(34)23-21(29)9-10-22(31-4)24(23)30)19-11-17(12-32-26(19)33)16-5-7-18(28)8-6-16/h5-15,31H,1-4H3. The molecule has 36 heavy (non-hydrogen) atoms. The SMILES string of the molecule is CNc1ccc(F)c(C(=O)c2cn(C(C)OC(=O)C(C)C)c3ncc(-c4ccc(Cl)cc4)cc23)c1F. The number of hydrogen-bond donors (Lipinski definition) is 1. The van der Waals surface area contributed by atoms with Crippen LogP contribution in [0.15, 0.2) is 54.9 Å². The molecule has 186 valence electrons. The van der Waals surface area contributed by atoms with Crippen molar-refractivity contribution in [3.05, 3.63) is 82.6 Å². The van der Waals surface area contributed by atoms with E-state index in [1.54, 1.807) is 57.3 Å². The topological polar surface area (TPSA) is 73.2 Å². The summed E-state index contributed by atoms with van der Waals surface area (Å²) in [6, 6.07) is 11.0. The number of benzene rings is 2. The monoisotopic (exact) mass is 511 g/mol. The van der Waals surface area contributed by atoms with Crippen LogP contribution in [0.4, 0.5) is 14.5 Å². The molecular weight excluding hydrogens is 488 g/mol. The second-order valence-electron chi connectivity index (χ2n) is 8.61. The summed E-state index contributed by atoms with van der Waals surface area (Å²) in [5, 5.41) is 3.53. The molecule has 4 rings (SSSR count). The molecule has 0 spiro atoms. The number of aromatic nitrogens is 2. The fourth-order valence-corrected chi connectivity index (χ4v) is 3.96. The fraction of sp³-hybridized carbons (Fsp3) is 0.222. The van der Waals surface area contributed by atoms with E-state index in [9.17, 15) is 14.0 Å². The highest BCUT2D eigenvalue weighted by Crippen LogP contribution is 2.32. The Hall–Kier alpha value is -3.78. The van der Waals surface area contributed by atoms with E-state index >= 15 is 4.39 Å². The van der Waals surface area contributed by atoms with Crippen LogP contribution in [0.3, 0.4) is 0 Å². The summed E-state index contributed by atoms with van der Waals surface area (Å²) in [5.41, 5.74) is 1.10. The Bertz CT molecular complexity index is 1470. The third-order valence-electron chi connectivity index (χ3n) is 5.83. The number of carbonyl (C=O) groups is 2. The van der Waals surface area contributed by atoms with E-state index in [4.69, 9.17) is 16.3 Å². The Morgan fingerprint density at radius 3 is 2.39 bits per heavy atom. The fourth-order valence-electron chi connectivity index (χ4n) is 3.84. The molecule has 1 atom stereocenters. The van der Waals surface area contributed by atoms with Crippen molar-refractivity contribution in [1.29, 1.82) is 0 Å². The molecule has 0 amide bonds. The summed E-state index contributed by atoms with van der Waals surface area (Å²) in [6.45, 7) is 5.04. The normalized spacial score (nSPS) is 12.1. The predicted octanol–water partition coefficient (Wildman–Crippen LogP) is 6.63. The van der Waals surface area contributed by atoms with Gasteiger partial charge < -0.3 is 10.1 Å². The van der Waals surface area contributed by atoms with Gasteiger partial charge in [0, 0.05) is 35.4 Å². The van der Waals surface area contributed by atoms with Gasteiger partial charge in [0.25, 0.3) is 0 Å². The van der Waals surface area contributed by atoms with Gasteiger partial charge in [-0.3, -0.25) is 14.2 Å². The molecule has 2 aromatic heterocycles. The molecule has 0 bridgehead atoms. The molecule has 2 aromatic carbocycles. The lowest BCUT2D eigenvalue weighted by Crippen LogP contribution is -2.18. The van der Waals surface area contributed by atoms with E-state index in [0.717, 1.165) is 11.6 Å². The molecule has 0 fully saturated rings. The van der Waals surface area contributed by atoms with Crippen molar-refractivity contribution in [2.75, 3.05) is 12.4 Å². The Labute approximate surface area is 211 Å². The number of ether oxygens (including phenoxy) is 1. The molecular formula is C27H24ClF2N3O3. The van der Waals surface area contributed by atoms with Crippen molar-refractivity contribution in [3.63, 3.8) is 0 Å². The third-order valence-corrected chi connectivity index (χ3v) is 6.08. The van der Waals surface area contributed by atoms with Crippen LogP contribution >= 0.6 is 11.6 Å². The molecule has 0 aliphatic heterocycles. The smallest absolute Gasteiger partial charge is 0.310 e. The predicted molar refractivity (Wildman–Crippen MR) is 135 cm³/mol. The van der Waals surface area contributed by atoms with Gasteiger partial charge in [-0.25, -0.2) is 13.8 Å². The lowest BCUT2D eigenvalue weighted by Gasteiger charge is -2.17. The zero-order valence-electron chi connectivity index (χ0n) is 20.1. The van der Waals surface area contributed by atoms with Crippen molar-refractivity contribution in [1.82, 2.24) is 9.55 Å². The van der Waals surface area contributed by atoms with Crippen molar-refractivity contribution in [2.24, 2.45) is 5.92 Å². The maximum atomic E-state index is 15.1. The third kappa shape index (κ3) is 4.68. The Balaban J connectivity index is 1.91. The van der Waals surface area contributed by atoms with Crippen molar-refractivity contribution in [2.45, 2.75) is 27.0 Å². The van der Waals surface area contributed by atoms with Gasteiger partial charge in [0.05, 0.1) is 22.7 Å². The van der Waals surface area contributed by atoms with E-state index in [1.807, 2.05) is 0 Å². The summed E-state index contributed by atoms with van der Waals surface area (Å²) in [6.07, 6.45) is 2.20. The minimum Gasteiger partial charge on any atom is -0.441 e. The Morgan fingerprint density at radius 2 is 1.75 bits per heavy atom. The first kappa shape index (κ1) is 25.3. The van der Waals surface area contributed by atoms with Crippen molar-refractivity contribution in [3.8, 4) is 11.1 Å². The lowest BCUT2D eigenvalue weighted by molar-refractivity contribution is -0.156. The zero-order chi connectivity index (χ0) is 26.1. The number of halogens is 3. The highest BCUT2D eigenvalue weighted by molar-refractivity contribution is 6.30. The van der Waals surface area contributed by atoms with Gasteiger partial charge in [0.2, 0.25) is 5.78 Å². The molecule has 1 N–H and O–H groups in total. The summed E-state index contributed by atoms with van der Waals surface area (Å²) >= 11 is 6.00. The molecule has 0 radical (unpaired) electrons. The highest BCUT2D eigenvalue weighted by atomic mass is 35.5. The minimum absolute atomic E-state index is 0.0114. The number of ketones is 1. The molecule has 6 nitrogen and oxygen atoms in total. The molecule has 0 aliphatic rings. The highest BCUT2D eigenvalue weighted by Gasteiger charge is 2.27. The summed E-state index contributed by atoms with van der Waals surface area (Å²) in [4.78, 5) is 30.3. The molecule has 0 aliphatic carbocycles. The minimum atomic E-state index is -0.996. The molecule has 1 unspecified atom stereocenters. The number of nitrogens with one attached hydrogen (secondary N) is 1. The van der Waals surface area contributed by atoms with Gasteiger partial charge in [-0.2, -0.15) is 0 Å². The molecule has 4 aromatic rings. The van der Waals surface area contributed by atoms with Gasteiger partial charge >= 0.3 is 5.97 Å². The number of pyridine rings is 1. The number of hydrogen-bond acceptors (Lipinski definition) is 5. The maximum Gasteiger partial charge on any atom is 0.310 e. The Kier molecular flexibility index (Phi) is 7.08. The maximum absolute atomic E-state index is 15.1. The number of nitrogens with zero attached hydrogens (tertiary/aromatic N) is 2. The first-order chi connectivity index (χ1) is 17.1. The average Bonchev–Trinajstić information content (AvgIpc) is 3.23. The molecule has 0 saturated carbocycles. The van der Waals surface area contributed by atoms with Crippen LogP contribution in [0.2, 0.25) is 5.02 Å². The number of carbonyl (C=O) groups excluding carboxylic acids is 2. The van der Waals surface area contributed by atoms with Gasteiger partial charge in [0.1, 0.15) is 11.5 Å². The van der Waals surface area contributed by atoms with Crippen LogP contribution < -0.4 is 5.32 Å². The van der Waals surface area contributed by atoms with Crippen LogP contribution in [0.25, 0.3) is 22.2 Å². The van der Waals surface area contributed by atoms with Crippen LogP contribution in [0.5, 0.6) is 0 Å². The summed E-state index contributed by atoms with van der Waals surface area (Å²) < 4.78 is 36.8. The van der Waals surface area contributed by atoms with Gasteiger partial charge in [-0.15, -0.1) is 0 Å². The second kappa shape index (κ2) is 10.1. The van der Waals surface area contributed by atoms with Crippen LogP contribution in [-0.2, 0) is 9.53 Å². The van der Waals surface area contributed by atoms with Gasteiger partial charge in [-0.1, -0.05) is 37.6 Å². The number of anilines is 1. The van der Waals surface area contributed by atoms with E-state index in [1.165, 1.54) is 23.9 Å². The van der Waals surface area contributed by atoms with E-state index in [-0.39, 0.29) is 17.2 Å². The molecule has 2 heterocycles. The van der Waals surface area contributed by atoms with Crippen LogP contribution in [-0.4, -0.2) is 28.4 Å². The first-order valence-corrected chi connectivity index (χ1v) is 11.7. The second-order valence-corrected chi connectivity index (χ2v) is 9.04. The number of fused-ring (bicyclic) bond motifs is 1. The van der Waals surface area contributed by atoms with E-state index in [2.05, 4.69) is 10.3 Å². The van der Waals surface area contributed by atoms with Crippen LogP contribution in [0, 0.1) is 17.6 Å². The molecule has 9 heteroatoms. The zero-order valence-corrected chi connectivity index (χ0v) is 20.9. The molecule has 0 saturated heterocycles. The Morgan fingerprint density at radius 1 is 1.06 bits per heavy atom. The quantitative estimate of drug-likeness (QED) is 0.223. The van der Waals surface area contributed by atoms with Gasteiger partial charge in [-0.05, 0) is 42.8 Å². The average molecular weight is 512 g/mol. The van der Waals surface area contributed by atoms with Crippen LogP contribution in [0.1, 0.15) is 42.9 Å². The first-order valence-electron chi connectivity index (χ1n) is 11.3. The summed E-state index contributed by atoms with van der Waals surface area (Å²) in [5.74, 6) is -3.65. The largest absolute Gasteiger partial charge is 0.441 e.